The molecule has 0 heterocycles. The van der Waals surface area contributed by atoms with Crippen LogP contribution in [0.1, 0.15) is 104 Å². The van der Waals surface area contributed by atoms with Crippen molar-refractivity contribution >= 4 is 26.5 Å². The second-order valence-corrected chi connectivity index (χ2v) is 20.0. The minimum Gasteiger partial charge on any atom is -0.0919 e. The average Bonchev–Trinajstić information content (AvgIpc) is 3.47. The van der Waals surface area contributed by atoms with E-state index in [1.807, 2.05) is 0 Å². The van der Waals surface area contributed by atoms with Gasteiger partial charge in [0.1, 0.15) is 0 Å². The average molecular weight is 523 g/mol. The fourth-order valence-electron chi connectivity index (χ4n) is 8.15. The van der Waals surface area contributed by atoms with Crippen LogP contribution in [0, 0.1) is 25.7 Å². The summed E-state index contributed by atoms with van der Waals surface area (Å²) in [5.74, 6) is 1.81. The first-order valence-corrected chi connectivity index (χ1v) is 17.5. The van der Waals surface area contributed by atoms with E-state index in [0.717, 1.165) is 17.5 Å². The van der Waals surface area contributed by atoms with E-state index in [9.17, 15) is 0 Å². The highest BCUT2D eigenvalue weighted by Crippen LogP contribution is 2.70. The molecule has 2 unspecified atom stereocenters. The molecule has 0 amide bonds. The third kappa shape index (κ3) is 6.13. The summed E-state index contributed by atoms with van der Waals surface area (Å²) in [6, 6.07) is 18.6. The SMILES string of the molecule is Cc1ccccc1P(c1ccccc1C)C(C)[C@@H]1CCC[C@@H]1P(C(C)(C)C)C(C)(C)CC1CCCC1. The first kappa shape index (κ1) is 28.3. The van der Waals surface area contributed by atoms with Crippen LogP contribution in [0.4, 0.5) is 0 Å². The third-order valence-electron chi connectivity index (χ3n) is 9.28. The van der Waals surface area contributed by atoms with Crippen LogP contribution in [0.2, 0.25) is 0 Å². The molecule has 4 atom stereocenters. The van der Waals surface area contributed by atoms with E-state index >= 15 is 0 Å². The summed E-state index contributed by atoms with van der Waals surface area (Å²) in [5, 5.41) is 4.10. The van der Waals surface area contributed by atoms with Crippen LogP contribution in [0.15, 0.2) is 48.5 Å². The van der Waals surface area contributed by atoms with Crippen LogP contribution in [0.5, 0.6) is 0 Å². The fourth-order valence-corrected chi connectivity index (χ4v) is 17.0. The van der Waals surface area contributed by atoms with E-state index in [4.69, 9.17) is 0 Å². The maximum absolute atomic E-state index is 2.67. The summed E-state index contributed by atoms with van der Waals surface area (Å²) in [6.07, 6.45) is 11.7. The largest absolute Gasteiger partial charge is 0.0919 e. The van der Waals surface area contributed by atoms with E-state index in [2.05, 4.69) is 104 Å². The lowest BCUT2D eigenvalue weighted by molar-refractivity contribution is 0.428. The molecular weight excluding hydrogens is 470 g/mol. The van der Waals surface area contributed by atoms with E-state index in [0.29, 0.717) is 16.0 Å². The third-order valence-corrected chi connectivity index (χ3v) is 16.8. The van der Waals surface area contributed by atoms with Crippen LogP contribution in [-0.4, -0.2) is 21.6 Å². The van der Waals surface area contributed by atoms with E-state index in [1.165, 1.54) is 62.5 Å². The number of hydrogen-bond acceptors (Lipinski definition) is 0. The summed E-state index contributed by atoms with van der Waals surface area (Å²) >= 11 is 0. The zero-order valence-electron chi connectivity index (χ0n) is 24.5. The molecule has 0 N–H and O–H groups in total. The van der Waals surface area contributed by atoms with Crippen molar-refractivity contribution in [3.63, 3.8) is 0 Å². The Morgan fingerprint density at radius 1 is 0.750 bits per heavy atom. The molecule has 2 aromatic carbocycles. The van der Waals surface area contributed by atoms with Crippen LogP contribution in [0.3, 0.4) is 0 Å². The van der Waals surface area contributed by atoms with Gasteiger partial charge in [0.25, 0.3) is 0 Å². The van der Waals surface area contributed by atoms with Gasteiger partial charge in [0, 0.05) is 0 Å². The second kappa shape index (κ2) is 11.6. The molecule has 0 spiro atoms. The molecule has 0 aromatic heterocycles. The molecule has 0 nitrogen and oxygen atoms in total. The highest BCUT2D eigenvalue weighted by atomic mass is 31.1. The summed E-state index contributed by atoms with van der Waals surface area (Å²) in [6.45, 7) is 20.4. The Hall–Kier alpha value is -0.700. The lowest BCUT2D eigenvalue weighted by atomic mass is 9.95. The molecule has 4 rings (SSSR count). The zero-order valence-corrected chi connectivity index (χ0v) is 26.3. The van der Waals surface area contributed by atoms with Crippen molar-refractivity contribution in [3.8, 4) is 0 Å². The predicted molar refractivity (Wildman–Crippen MR) is 166 cm³/mol. The lowest BCUT2D eigenvalue weighted by Crippen LogP contribution is -2.39. The van der Waals surface area contributed by atoms with Crippen LogP contribution in [0.25, 0.3) is 0 Å². The topological polar surface area (TPSA) is 0 Å². The second-order valence-electron chi connectivity index (χ2n) is 13.6. The van der Waals surface area contributed by atoms with Gasteiger partial charge in [-0.25, -0.2) is 0 Å². The number of hydrogen-bond donors (Lipinski definition) is 0. The van der Waals surface area contributed by atoms with Crippen molar-refractivity contribution in [1.29, 1.82) is 0 Å². The molecule has 198 valence electrons. The number of aryl methyl sites for hydroxylation is 2. The van der Waals surface area contributed by atoms with Gasteiger partial charge in [0.2, 0.25) is 0 Å². The summed E-state index contributed by atoms with van der Waals surface area (Å²) in [7, 11) is -0.492. The molecular formula is C34H52P2. The standard InChI is InChI=1S/C34H52P2/c1-25-16-9-13-21-30(25)35(31-22-14-10-17-26(31)2)27(3)29-20-15-23-32(29)36(33(4,5)6)34(7,8)24-28-18-11-12-19-28/h9-10,13-14,16-17,21-22,27-29,32H,11-12,15,18-20,23-24H2,1-8H3/t27?,29-,32-,36?/m0/s1. The summed E-state index contributed by atoms with van der Waals surface area (Å²) in [4.78, 5) is 0. The van der Waals surface area contributed by atoms with Crippen molar-refractivity contribution < 1.29 is 0 Å². The van der Waals surface area contributed by atoms with Gasteiger partial charge in [-0.1, -0.05) is 130 Å². The van der Waals surface area contributed by atoms with Gasteiger partial charge >= 0.3 is 0 Å². The van der Waals surface area contributed by atoms with Crippen molar-refractivity contribution in [2.24, 2.45) is 11.8 Å². The van der Waals surface area contributed by atoms with E-state index < -0.39 is 7.92 Å². The normalized spacial score (nSPS) is 23.4. The van der Waals surface area contributed by atoms with E-state index in [1.54, 1.807) is 10.6 Å². The van der Waals surface area contributed by atoms with Crippen molar-refractivity contribution in [2.45, 2.75) is 128 Å². The Morgan fingerprint density at radius 2 is 1.28 bits per heavy atom. The minimum atomic E-state index is -0.390. The van der Waals surface area contributed by atoms with E-state index in [-0.39, 0.29) is 7.92 Å². The first-order chi connectivity index (χ1) is 17.0. The monoisotopic (exact) mass is 522 g/mol. The molecule has 2 aliphatic carbocycles. The van der Waals surface area contributed by atoms with Gasteiger partial charge in [-0.15, -0.1) is 0 Å². The maximum atomic E-state index is 2.67. The van der Waals surface area contributed by atoms with Crippen molar-refractivity contribution in [3.05, 3.63) is 59.7 Å². The van der Waals surface area contributed by atoms with Gasteiger partial charge in [-0.3, -0.25) is 0 Å². The van der Waals surface area contributed by atoms with Gasteiger partial charge < -0.3 is 0 Å². The lowest BCUT2D eigenvalue weighted by Gasteiger charge is -2.51. The molecule has 0 radical (unpaired) electrons. The van der Waals surface area contributed by atoms with Gasteiger partial charge in [-0.05, 0) is 96.2 Å². The Bertz CT molecular complexity index is 949. The van der Waals surface area contributed by atoms with Crippen LogP contribution in [-0.2, 0) is 0 Å². The highest BCUT2D eigenvalue weighted by molar-refractivity contribution is 7.73. The van der Waals surface area contributed by atoms with Crippen molar-refractivity contribution in [1.82, 2.24) is 0 Å². The molecule has 0 aliphatic heterocycles. The maximum Gasteiger partial charge on any atom is -0.0123 e. The highest BCUT2D eigenvalue weighted by Gasteiger charge is 2.49. The summed E-state index contributed by atoms with van der Waals surface area (Å²) in [5.41, 5.74) is 4.56. The molecule has 0 saturated heterocycles. The molecule has 2 heteroatoms. The summed E-state index contributed by atoms with van der Waals surface area (Å²) < 4.78 is 0. The van der Waals surface area contributed by atoms with Gasteiger partial charge in [0.15, 0.2) is 0 Å². The quantitative estimate of drug-likeness (QED) is 0.303. The number of rotatable bonds is 8. The van der Waals surface area contributed by atoms with Crippen LogP contribution < -0.4 is 10.6 Å². The molecule has 2 aliphatic rings. The molecule has 2 fully saturated rings. The molecule has 2 saturated carbocycles. The predicted octanol–water partition coefficient (Wildman–Crippen LogP) is 9.93. The van der Waals surface area contributed by atoms with Gasteiger partial charge in [-0.2, -0.15) is 0 Å². The fraction of sp³-hybridized carbons (Fsp3) is 0.647. The molecule has 0 bridgehead atoms. The number of benzene rings is 2. The Balaban J connectivity index is 1.72. The smallest absolute Gasteiger partial charge is 0.0123 e. The molecule has 36 heavy (non-hydrogen) atoms. The Morgan fingerprint density at radius 3 is 1.78 bits per heavy atom. The van der Waals surface area contributed by atoms with Crippen LogP contribution >= 0.6 is 15.8 Å². The minimum absolute atomic E-state index is 0.102. The van der Waals surface area contributed by atoms with Crippen molar-refractivity contribution in [2.75, 3.05) is 0 Å². The van der Waals surface area contributed by atoms with Gasteiger partial charge in [0.05, 0.1) is 0 Å². The Kier molecular flexibility index (Phi) is 9.11. The Labute approximate surface area is 226 Å². The first-order valence-electron chi connectivity index (χ1n) is 14.7. The zero-order chi connectivity index (χ0) is 26.1. The molecule has 2 aromatic rings.